The van der Waals surface area contributed by atoms with E-state index >= 15 is 0 Å². The highest BCUT2D eigenvalue weighted by Gasteiger charge is 2.34. The van der Waals surface area contributed by atoms with Crippen LogP contribution in [0.5, 0.6) is 0 Å². The Bertz CT molecular complexity index is 880. The topological polar surface area (TPSA) is 115 Å². The van der Waals surface area contributed by atoms with E-state index in [0.29, 0.717) is 45.9 Å². The van der Waals surface area contributed by atoms with Gasteiger partial charge in [0.1, 0.15) is 13.2 Å². The second-order valence-electron chi connectivity index (χ2n) is 9.67. The molecular weight excluding hydrogens is 488 g/mol. The second kappa shape index (κ2) is 15.3. The number of aliphatic hydroxyl groups is 1. The van der Waals surface area contributed by atoms with Gasteiger partial charge in [-0.3, -0.25) is 0 Å². The van der Waals surface area contributed by atoms with E-state index in [9.17, 15) is 14.7 Å². The molecule has 2 saturated heterocycles. The summed E-state index contributed by atoms with van der Waals surface area (Å²) in [6.45, 7) is 5.01. The Kier molecular flexibility index (Phi) is 11.9. The maximum atomic E-state index is 11.9. The molecule has 2 aromatic rings. The first kappa shape index (κ1) is 29.4. The molecule has 3 N–H and O–H groups in total. The van der Waals surface area contributed by atoms with Gasteiger partial charge in [-0.1, -0.05) is 67.6 Å². The average molecular weight is 529 g/mol. The fourth-order valence-corrected chi connectivity index (χ4v) is 4.37. The highest BCUT2D eigenvalue weighted by Crippen LogP contribution is 2.24. The number of nitrogens with one attached hydrogen (secondary N) is 2. The zero-order chi connectivity index (χ0) is 27.1. The van der Waals surface area contributed by atoms with Crippen LogP contribution in [0.4, 0.5) is 9.59 Å². The van der Waals surface area contributed by atoms with Gasteiger partial charge in [-0.05, 0) is 43.2 Å². The van der Waals surface area contributed by atoms with E-state index in [4.69, 9.17) is 18.9 Å². The van der Waals surface area contributed by atoms with Crippen molar-refractivity contribution in [1.29, 1.82) is 0 Å². The predicted molar refractivity (Wildman–Crippen MR) is 142 cm³/mol. The molecule has 2 heterocycles. The van der Waals surface area contributed by atoms with Crippen LogP contribution >= 0.6 is 0 Å². The number of benzene rings is 2. The molecule has 2 amide bonds. The van der Waals surface area contributed by atoms with Crippen molar-refractivity contribution >= 4 is 12.2 Å². The molecule has 2 aromatic carbocycles. The molecule has 208 valence electrons. The first-order valence-electron chi connectivity index (χ1n) is 13.2. The number of carbonyl (C=O) groups excluding carboxylic acids is 2. The van der Waals surface area contributed by atoms with Crippen LogP contribution in [0.2, 0.25) is 0 Å². The Balaban J connectivity index is 0.000000211. The molecule has 0 spiro atoms. The Morgan fingerprint density at radius 3 is 1.53 bits per heavy atom. The summed E-state index contributed by atoms with van der Waals surface area (Å²) in [5.41, 5.74) is 1.16. The molecule has 0 atom stereocenters. The smallest absolute Gasteiger partial charge is 0.407 e. The standard InChI is InChI=1S/C15H21NO3.C14H19NO4/c1-2-15(8-10-18-11-9-15)16-14(17)19-12-13-6-4-3-5-7-13;16-11-14(6-8-18-9-7-14)15-13(17)19-10-12-4-2-1-3-5-12/h3-7H,2,8-12H2,1H3,(H,16,17);1-5,16H,6-11H2,(H,15,17). The molecule has 9 heteroatoms. The van der Waals surface area contributed by atoms with E-state index in [2.05, 4.69) is 17.6 Å². The lowest BCUT2D eigenvalue weighted by atomic mass is 9.87. The molecule has 0 radical (unpaired) electrons. The first-order chi connectivity index (χ1) is 18.5. The lowest BCUT2D eigenvalue weighted by molar-refractivity contribution is 0.0101. The van der Waals surface area contributed by atoms with Crippen molar-refractivity contribution in [3.05, 3.63) is 71.8 Å². The van der Waals surface area contributed by atoms with Gasteiger partial charge in [-0.15, -0.1) is 0 Å². The van der Waals surface area contributed by atoms with Gasteiger partial charge in [0.15, 0.2) is 0 Å². The molecular formula is C29H40N2O7. The monoisotopic (exact) mass is 528 g/mol. The molecule has 0 aliphatic carbocycles. The molecule has 4 rings (SSSR count). The quantitative estimate of drug-likeness (QED) is 0.467. The molecule has 0 aromatic heterocycles. The molecule has 2 fully saturated rings. The predicted octanol–water partition coefficient (Wildman–Crippen LogP) is 4.33. The first-order valence-corrected chi connectivity index (χ1v) is 13.2. The van der Waals surface area contributed by atoms with Gasteiger partial charge in [0.05, 0.1) is 12.1 Å². The van der Waals surface area contributed by atoms with Gasteiger partial charge >= 0.3 is 12.2 Å². The summed E-state index contributed by atoms with van der Waals surface area (Å²) in [5.74, 6) is 0. The highest BCUT2D eigenvalue weighted by molar-refractivity contribution is 5.68. The number of amides is 2. The molecule has 0 bridgehead atoms. The summed E-state index contributed by atoms with van der Waals surface area (Å²) < 4.78 is 21.0. The molecule has 2 aliphatic rings. The fraction of sp³-hybridized carbons (Fsp3) is 0.517. The van der Waals surface area contributed by atoms with Crippen LogP contribution in [0.1, 0.15) is 50.2 Å². The third-order valence-corrected chi connectivity index (χ3v) is 7.04. The SMILES string of the molecule is CCC1(NC(=O)OCc2ccccc2)CCOCC1.O=C(NC1(CO)CCOCC1)OCc1ccccc1. The number of carbonyl (C=O) groups is 2. The summed E-state index contributed by atoms with van der Waals surface area (Å²) in [4.78, 5) is 23.6. The number of hydrogen-bond acceptors (Lipinski definition) is 7. The highest BCUT2D eigenvalue weighted by atomic mass is 16.6. The van der Waals surface area contributed by atoms with E-state index in [-0.39, 0.29) is 24.8 Å². The molecule has 9 nitrogen and oxygen atoms in total. The third-order valence-electron chi connectivity index (χ3n) is 7.04. The minimum Gasteiger partial charge on any atom is -0.445 e. The van der Waals surface area contributed by atoms with Crippen molar-refractivity contribution in [3.63, 3.8) is 0 Å². The van der Waals surface area contributed by atoms with E-state index < -0.39 is 11.6 Å². The van der Waals surface area contributed by atoms with Crippen molar-refractivity contribution in [2.24, 2.45) is 0 Å². The van der Waals surface area contributed by atoms with Crippen molar-refractivity contribution < 1.29 is 33.6 Å². The largest absolute Gasteiger partial charge is 0.445 e. The number of aliphatic hydroxyl groups excluding tert-OH is 1. The van der Waals surface area contributed by atoms with Crippen molar-refractivity contribution in [3.8, 4) is 0 Å². The number of ether oxygens (including phenoxy) is 4. The normalized spacial score (nSPS) is 17.7. The Labute approximate surface area is 224 Å². The van der Waals surface area contributed by atoms with Crippen LogP contribution in [0.3, 0.4) is 0 Å². The maximum Gasteiger partial charge on any atom is 0.407 e. The minimum absolute atomic E-state index is 0.100. The van der Waals surface area contributed by atoms with Gasteiger partial charge in [0.2, 0.25) is 0 Å². The van der Waals surface area contributed by atoms with Gasteiger partial charge in [-0.2, -0.15) is 0 Å². The third kappa shape index (κ3) is 9.63. The maximum absolute atomic E-state index is 11.9. The van der Waals surface area contributed by atoms with E-state index in [1.165, 1.54) is 0 Å². The molecule has 38 heavy (non-hydrogen) atoms. The zero-order valence-corrected chi connectivity index (χ0v) is 22.2. The summed E-state index contributed by atoms with van der Waals surface area (Å²) in [6.07, 6.45) is 2.96. The van der Waals surface area contributed by atoms with Crippen LogP contribution in [0, 0.1) is 0 Å². The van der Waals surface area contributed by atoms with Crippen LogP contribution < -0.4 is 10.6 Å². The van der Waals surface area contributed by atoms with E-state index in [0.717, 1.165) is 30.4 Å². The molecule has 0 unspecified atom stereocenters. The second-order valence-corrected chi connectivity index (χ2v) is 9.67. The lowest BCUT2D eigenvalue weighted by Crippen LogP contribution is -2.54. The molecule has 2 aliphatic heterocycles. The van der Waals surface area contributed by atoms with Crippen molar-refractivity contribution in [2.45, 2.75) is 63.3 Å². The van der Waals surface area contributed by atoms with Gasteiger partial charge < -0.3 is 34.7 Å². The average Bonchev–Trinajstić information content (AvgIpc) is 2.97. The van der Waals surface area contributed by atoms with Gasteiger partial charge in [0, 0.05) is 32.0 Å². The van der Waals surface area contributed by atoms with Gasteiger partial charge in [0.25, 0.3) is 0 Å². The van der Waals surface area contributed by atoms with Crippen molar-refractivity contribution in [1.82, 2.24) is 10.6 Å². The van der Waals surface area contributed by atoms with E-state index in [1.807, 2.05) is 60.7 Å². The van der Waals surface area contributed by atoms with Gasteiger partial charge in [-0.25, -0.2) is 9.59 Å². The Hall–Kier alpha value is -3.14. The van der Waals surface area contributed by atoms with Crippen LogP contribution in [0.25, 0.3) is 0 Å². The Morgan fingerprint density at radius 1 is 0.737 bits per heavy atom. The van der Waals surface area contributed by atoms with Crippen LogP contribution in [-0.2, 0) is 32.2 Å². The Morgan fingerprint density at radius 2 is 1.13 bits per heavy atom. The lowest BCUT2D eigenvalue weighted by Gasteiger charge is -2.36. The number of alkyl carbamates (subject to hydrolysis) is 2. The number of rotatable bonds is 8. The minimum atomic E-state index is -0.605. The van der Waals surface area contributed by atoms with E-state index in [1.54, 1.807) is 0 Å². The summed E-state index contributed by atoms with van der Waals surface area (Å²) >= 11 is 0. The van der Waals surface area contributed by atoms with Crippen LogP contribution in [0.15, 0.2) is 60.7 Å². The summed E-state index contributed by atoms with van der Waals surface area (Å²) in [6, 6.07) is 19.2. The van der Waals surface area contributed by atoms with Crippen molar-refractivity contribution in [2.75, 3.05) is 33.0 Å². The zero-order valence-electron chi connectivity index (χ0n) is 22.2. The number of hydrogen-bond donors (Lipinski definition) is 3. The molecule has 0 saturated carbocycles. The van der Waals surface area contributed by atoms with Crippen LogP contribution in [-0.4, -0.2) is 61.4 Å². The summed E-state index contributed by atoms with van der Waals surface area (Å²) in [5, 5.41) is 15.2. The summed E-state index contributed by atoms with van der Waals surface area (Å²) in [7, 11) is 0. The fourth-order valence-electron chi connectivity index (χ4n) is 4.37.